The number of nitrogen functional groups attached to an aromatic ring is 1. The molecule has 1 heterocycles. The summed E-state index contributed by atoms with van der Waals surface area (Å²) in [5.41, 5.74) is 5.94. The van der Waals surface area contributed by atoms with Gasteiger partial charge in [-0.25, -0.2) is 8.42 Å². The minimum absolute atomic E-state index is 0.0430. The molecule has 0 aliphatic rings. The third-order valence-corrected chi connectivity index (χ3v) is 5.77. The molecular formula is C12H21N3O3S2. The molecule has 1 rings (SSSR count). The van der Waals surface area contributed by atoms with Crippen LogP contribution in [0.5, 0.6) is 0 Å². The SMILES string of the molecule is CCCNc1sc(C(=O)NCC)c(N)c1S(=O)(=O)CC. The lowest BCUT2D eigenvalue weighted by Gasteiger charge is -2.06. The molecule has 0 saturated carbocycles. The minimum atomic E-state index is -3.47. The van der Waals surface area contributed by atoms with Crippen LogP contribution < -0.4 is 16.4 Å². The Labute approximate surface area is 123 Å². The van der Waals surface area contributed by atoms with Crippen molar-refractivity contribution >= 4 is 37.8 Å². The molecule has 0 aliphatic heterocycles. The number of hydrogen-bond acceptors (Lipinski definition) is 6. The Morgan fingerprint density at radius 1 is 1.30 bits per heavy atom. The number of thiophene rings is 1. The Kier molecular flexibility index (Phi) is 5.82. The van der Waals surface area contributed by atoms with E-state index in [1.165, 1.54) is 0 Å². The molecule has 1 aromatic heterocycles. The summed E-state index contributed by atoms with van der Waals surface area (Å²) in [7, 11) is -3.47. The summed E-state index contributed by atoms with van der Waals surface area (Å²) in [6.45, 7) is 6.41. The molecule has 0 atom stereocenters. The molecule has 0 fully saturated rings. The van der Waals surface area contributed by atoms with Crippen LogP contribution in [0.2, 0.25) is 0 Å². The van der Waals surface area contributed by atoms with Gasteiger partial charge in [0.05, 0.1) is 11.4 Å². The maximum atomic E-state index is 12.2. The van der Waals surface area contributed by atoms with Gasteiger partial charge in [0.25, 0.3) is 5.91 Å². The second-order valence-electron chi connectivity index (χ2n) is 4.19. The fraction of sp³-hybridized carbons (Fsp3) is 0.583. The quantitative estimate of drug-likeness (QED) is 0.710. The number of carbonyl (C=O) groups is 1. The molecule has 0 aromatic carbocycles. The van der Waals surface area contributed by atoms with E-state index in [4.69, 9.17) is 5.73 Å². The minimum Gasteiger partial charge on any atom is -0.396 e. The molecule has 0 unspecified atom stereocenters. The molecule has 1 aromatic rings. The molecule has 0 aliphatic carbocycles. The Morgan fingerprint density at radius 2 is 1.95 bits per heavy atom. The number of sulfone groups is 1. The first kappa shape index (κ1) is 16.8. The van der Waals surface area contributed by atoms with Crippen molar-refractivity contribution in [2.75, 3.05) is 29.9 Å². The summed E-state index contributed by atoms with van der Waals surface area (Å²) in [5.74, 6) is -0.393. The molecular weight excluding hydrogens is 298 g/mol. The van der Waals surface area contributed by atoms with Gasteiger partial charge in [0.1, 0.15) is 14.8 Å². The number of anilines is 2. The molecule has 0 spiro atoms. The average Bonchev–Trinajstić information content (AvgIpc) is 2.74. The number of nitrogens with two attached hydrogens (primary N) is 1. The van der Waals surface area contributed by atoms with Crippen LogP contribution >= 0.6 is 11.3 Å². The Bertz CT molecular complexity index is 579. The van der Waals surface area contributed by atoms with Crippen LogP contribution in [0.1, 0.15) is 36.9 Å². The van der Waals surface area contributed by atoms with Crippen LogP contribution in [-0.2, 0) is 9.84 Å². The highest BCUT2D eigenvalue weighted by Gasteiger charge is 2.28. The van der Waals surface area contributed by atoms with Crippen LogP contribution in [0.3, 0.4) is 0 Å². The van der Waals surface area contributed by atoms with Crippen molar-refractivity contribution in [3.05, 3.63) is 4.88 Å². The predicted molar refractivity (Wildman–Crippen MR) is 83.2 cm³/mol. The standard InChI is InChI=1S/C12H21N3O3S2/c1-4-7-15-12-10(20(17,18)6-3)8(13)9(19-12)11(16)14-5-2/h15H,4-7,13H2,1-3H3,(H,14,16). The van der Waals surface area contributed by atoms with Gasteiger partial charge in [-0.3, -0.25) is 4.79 Å². The molecule has 0 radical (unpaired) electrons. The molecule has 114 valence electrons. The maximum Gasteiger partial charge on any atom is 0.263 e. The van der Waals surface area contributed by atoms with Gasteiger partial charge in [0, 0.05) is 13.1 Å². The number of amides is 1. The van der Waals surface area contributed by atoms with Gasteiger partial charge in [0.2, 0.25) is 0 Å². The van der Waals surface area contributed by atoms with E-state index in [9.17, 15) is 13.2 Å². The largest absolute Gasteiger partial charge is 0.396 e. The molecule has 4 N–H and O–H groups in total. The van der Waals surface area contributed by atoms with Crippen LogP contribution in [0.4, 0.5) is 10.7 Å². The number of carbonyl (C=O) groups excluding carboxylic acids is 1. The van der Waals surface area contributed by atoms with Crippen LogP contribution in [0, 0.1) is 0 Å². The van der Waals surface area contributed by atoms with E-state index in [0.717, 1.165) is 17.8 Å². The van der Waals surface area contributed by atoms with Crippen LogP contribution in [-0.4, -0.2) is 33.2 Å². The molecule has 6 nitrogen and oxygen atoms in total. The molecule has 8 heteroatoms. The van der Waals surface area contributed by atoms with Gasteiger partial charge in [-0.2, -0.15) is 0 Å². The normalized spacial score (nSPS) is 11.3. The van der Waals surface area contributed by atoms with Crippen molar-refractivity contribution in [2.45, 2.75) is 32.1 Å². The topological polar surface area (TPSA) is 101 Å². The second kappa shape index (κ2) is 6.94. The Morgan fingerprint density at radius 3 is 2.45 bits per heavy atom. The van der Waals surface area contributed by atoms with Crippen molar-refractivity contribution < 1.29 is 13.2 Å². The summed E-state index contributed by atoms with van der Waals surface area (Å²) >= 11 is 1.09. The van der Waals surface area contributed by atoms with Crippen molar-refractivity contribution in [2.24, 2.45) is 0 Å². The third kappa shape index (κ3) is 3.43. The van der Waals surface area contributed by atoms with Gasteiger partial charge in [0.15, 0.2) is 9.84 Å². The lowest BCUT2D eigenvalue weighted by molar-refractivity contribution is 0.0960. The van der Waals surface area contributed by atoms with Gasteiger partial charge in [-0.1, -0.05) is 13.8 Å². The number of nitrogens with one attached hydrogen (secondary N) is 2. The highest BCUT2D eigenvalue weighted by molar-refractivity contribution is 7.91. The second-order valence-corrected chi connectivity index (χ2v) is 7.43. The summed E-state index contributed by atoms with van der Waals surface area (Å²) in [6.07, 6.45) is 0.847. The van der Waals surface area contributed by atoms with E-state index in [1.54, 1.807) is 13.8 Å². The molecule has 0 saturated heterocycles. The fourth-order valence-electron chi connectivity index (χ4n) is 1.65. The summed E-state index contributed by atoms with van der Waals surface area (Å²) < 4.78 is 24.3. The number of hydrogen-bond donors (Lipinski definition) is 3. The highest BCUT2D eigenvalue weighted by atomic mass is 32.2. The van der Waals surface area contributed by atoms with Gasteiger partial charge < -0.3 is 16.4 Å². The summed E-state index contributed by atoms with van der Waals surface area (Å²) in [5, 5.41) is 6.13. The average molecular weight is 319 g/mol. The highest BCUT2D eigenvalue weighted by Crippen LogP contribution is 2.39. The van der Waals surface area contributed by atoms with E-state index in [2.05, 4.69) is 10.6 Å². The fourth-order valence-corrected chi connectivity index (χ4v) is 4.26. The lowest BCUT2D eigenvalue weighted by Crippen LogP contribution is -2.22. The van der Waals surface area contributed by atoms with E-state index in [1.807, 2.05) is 6.92 Å². The third-order valence-electron chi connectivity index (χ3n) is 2.67. The maximum absolute atomic E-state index is 12.2. The zero-order chi connectivity index (χ0) is 15.3. The zero-order valence-electron chi connectivity index (χ0n) is 11.9. The smallest absolute Gasteiger partial charge is 0.263 e. The van der Waals surface area contributed by atoms with E-state index < -0.39 is 9.84 Å². The monoisotopic (exact) mass is 319 g/mol. The summed E-state index contributed by atoms with van der Waals surface area (Å²) in [4.78, 5) is 12.2. The predicted octanol–water partition coefficient (Wildman–Crippen LogP) is 1.70. The van der Waals surface area contributed by atoms with E-state index in [-0.39, 0.29) is 27.1 Å². The first-order valence-corrected chi connectivity index (χ1v) is 9.02. The first-order chi connectivity index (χ1) is 9.38. The molecule has 0 bridgehead atoms. The summed E-state index contributed by atoms with van der Waals surface area (Å²) in [6, 6.07) is 0. The van der Waals surface area contributed by atoms with Crippen molar-refractivity contribution in [3.8, 4) is 0 Å². The van der Waals surface area contributed by atoms with Crippen LogP contribution in [0.15, 0.2) is 4.90 Å². The van der Waals surface area contributed by atoms with Gasteiger partial charge in [-0.05, 0) is 13.3 Å². The Hall–Kier alpha value is -1.28. The lowest BCUT2D eigenvalue weighted by atomic mass is 10.3. The zero-order valence-corrected chi connectivity index (χ0v) is 13.6. The van der Waals surface area contributed by atoms with E-state index >= 15 is 0 Å². The van der Waals surface area contributed by atoms with E-state index in [0.29, 0.717) is 18.1 Å². The molecule has 20 heavy (non-hydrogen) atoms. The van der Waals surface area contributed by atoms with Crippen molar-refractivity contribution in [3.63, 3.8) is 0 Å². The van der Waals surface area contributed by atoms with Crippen molar-refractivity contribution in [1.82, 2.24) is 5.32 Å². The molecule has 1 amide bonds. The first-order valence-electron chi connectivity index (χ1n) is 6.56. The number of rotatable bonds is 7. The van der Waals surface area contributed by atoms with Crippen LogP contribution in [0.25, 0.3) is 0 Å². The van der Waals surface area contributed by atoms with Gasteiger partial charge in [-0.15, -0.1) is 11.3 Å². The van der Waals surface area contributed by atoms with Crippen molar-refractivity contribution in [1.29, 1.82) is 0 Å². The Balaban J connectivity index is 3.35. The van der Waals surface area contributed by atoms with Gasteiger partial charge >= 0.3 is 0 Å².